The van der Waals surface area contributed by atoms with Crippen LogP contribution in [0, 0.1) is 0 Å². The number of carbonyl (C=O) groups excluding carboxylic acids is 2. The number of carboxylic acid groups (broad SMARTS) is 1. The number of carboxylic acids is 1. The Morgan fingerprint density at radius 1 is 1.21 bits per heavy atom. The molecule has 0 unspecified atom stereocenters. The minimum Gasteiger partial charge on any atom is -0.480 e. The molecule has 1 aromatic heterocycles. The van der Waals surface area contributed by atoms with Crippen LogP contribution in [0.5, 0.6) is 0 Å². The van der Waals surface area contributed by atoms with Crippen LogP contribution < -0.4 is 22.1 Å². The summed E-state index contributed by atoms with van der Waals surface area (Å²) in [6, 6.07) is -2.76. The summed E-state index contributed by atoms with van der Waals surface area (Å²) in [4.78, 5) is 43.2. The molecule has 0 saturated heterocycles. The molecule has 2 amide bonds. The van der Waals surface area contributed by atoms with Gasteiger partial charge in [0.15, 0.2) is 0 Å². The zero-order valence-corrected chi connectivity index (χ0v) is 16.8. The summed E-state index contributed by atoms with van der Waals surface area (Å²) < 4.78 is 0. The van der Waals surface area contributed by atoms with Crippen LogP contribution in [-0.2, 0) is 20.8 Å². The highest BCUT2D eigenvalue weighted by atomic mass is 32.2. The van der Waals surface area contributed by atoms with Gasteiger partial charge >= 0.3 is 5.97 Å². The van der Waals surface area contributed by atoms with Gasteiger partial charge in [-0.05, 0) is 44.2 Å². The first-order chi connectivity index (χ1) is 13.4. The second kappa shape index (κ2) is 13.1. The summed E-state index contributed by atoms with van der Waals surface area (Å²) in [5.41, 5.74) is 11.9. The number of imidazole rings is 1. The number of nitrogens with two attached hydrogens (primary N) is 2. The molecule has 0 bridgehead atoms. The van der Waals surface area contributed by atoms with E-state index in [2.05, 4.69) is 20.6 Å². The molecule has 8 N–H and O–H groups in total. The molecule has 0 spiro atoms. The second-order valence-electron chi connectivity index (χ2n) is 6.41. The molecular weight excluding hydrogens is 384 g/mol. The van der Waals surface area contributed by atoms with Crippen molar-refractivity contribution >= 4 is 29.5 Å². The largest absolute Gasteiger partial charge is 0.480 e. The van der Waals surface area contributed by atoms with Gasteiger partial charge in [0.1, 0.15) is 12.1 Å². The molecule has 0 aliphatic heterocycles. The maximum Gasteiger partial charge on any atom is 0.326 e. The van der Waals surface area contributed by atoms with Crippen molar-refractivity contribution in [1.29, 1.82) is 0 Å². The van der Waals surface area contributed by atoms with Gasteiger partial charge in [-0.2, -0.15) is 11.8 Å². The fourth-order valence-electron chi connectivity index (χ4n) is 2.50. The molecule has 0 fully saturated rings. The minimum absolute atomic E-state index is 0.141. The van der Waals surface area contributed by atoms with E-state index in [-0.39, 0.29) is 12.8 Å². The molecule has 0 radical (unpaired) electrons. The number of rotatable bonds is 14. The van der Waals surface area contributed by atoms with Crippen molar-refractivity contribution in [3.8, 4) is 0 Å². The van der Waals surface area contributed by atoms with E-state index >= 15 is 0 Å². The normalized spacial score (nSPS) is 14.1. The van der Waals surface area contributed by atoms with Crippen molar-refractivity contribution in [2.45, 2.75) is 50.2 Å². The minimum atomic E-state index is -1.13. The zero-order chi connectivity index (χ0) is 20.9. The Balaban J connectivity index is 2.79. The van der Waals surface area contributed by atoms with Crippen LogP contribution in [0.3, 0.4) is 0 Å². The van der Waals surface area contributed by atoms with Gasteiger partial charge in [-0.3, -0.25) is 9.59 Å². The number of nitrogens with zero attached hydrogens (tertiary/aromatic N) is 1. The second-order valence-corrected chi connectivity index (χ2v) is 7.40. The van der Waals surface area contributed by atoms with Gasteiger partial charge in [0.25, 0.3) is 0 Å². The Labute approximate surface area is 168 Å². The number of aliphatic carboxylic acids is 1. The third-order valence-electron chi connectivity index (χ3n) is 4.14. The number of thioether (sulfide) groups is 1. The number of aromatic nitrogens is 2. The Bertz CT molecular complexity index is 613. The van der Waals surface area contributed by atoms with Gasteiger partial charge in [0.2, 0.25) is 11.8 Å². The summed E-state index contributed by atoms with van der Waals surface area (Å²) in [5.74, 6) is -1.45. The third kappa shape index (κ3) is 8.72. The van der Waals surface area contributed by atoms with Crippen molar-refractivity contribution in [2.24, 2.45) is 11.5 Å². The lowest BCUT2D eigenvalue weighted by atomic mass is 10.1. The van der Waals surface area contributed by atoms with E-state index in [1.807, 2.05) is 6.26 Å². The number of amides is 2. The topological polar surface area (TPSA) is 176 Å². The number of hydrogen-bond acceptors (Lipinski definition) is 7. The Hall–Kier alpha value is -2.11. The number of nitrogens with one attached hydrogen (secondary N) is 3. The Morgan fingerprint density at radius 2 is 1.93 bits per heavy atom. The van der Waals surface area contributed by atoms with E-state index in [4.69, 9.17) is 11.5 Å². The first kappa shape index (κ1) is 23.9. The van der Waals surface area contributed by atoms with Crippen LogP contribution in [0.1, 0.15) is 31.4 Å². The molecular formula is C17H30N6O4S. The van der Waals surface area contributed by atoms with E-state index in [0.717, 1.165) is 0 Å². The third-order valence-corrected chi connectivity index (χ3v) is 4.79. The molecule has 1 rings (SSSR count). The average molecular weight is 415 g/mol. The molecule has 1 aromatic rings. The fourth-order valence-corrected chi connectivity index (χ4v) is 2.99. The van der Waals surface area contributed by atoms with Crippen LogP contribution >= 0.6 is 11.8 Å². The predicted octanol–water partition coefficient (Wildman–Crippen LogP) is -0.784. The van der Waals surface area contributed by atoms with Crippen molar-refractivity contribution < 1.29 is 19.5 Å². The van der Waals surface area contributed by atoms with Gasteiger partial charge < -0.3 is 32.2 Å². The monoisotopic (exact) mass is 414 g/mol. The van der Waals surface area contributed by atoms with Crippen molar-refractivity contribution in [2.75, 3.05) is 18.6 Å². The van der Waals surface area contributed by atoms with Crippen molar-refractivity contribution in [3.63, 3.8) is 0 Å². The van der Waals surface area contributed by atoms with Crippen LogP contribution in [0.25, 0.3) is 0 Å². The first-order valence-electron chi connectivity index (χ1n) is 9.14. The maximum absolute atomic E-state index is 12.7. The Morgan fingerprint density at radius 3 is 2.50 bits per heavy atom. The van der Waals surface area contributed by atoms with Crippen molar-refractivity contribution in [3.05, 3.63) is 18.2 Å². The number of hydrogen-bond donors (Lipinski definition) is 6. The van der Waals surface area contributed by atoms with E-state index in [0.29, 0.717) is 37.3 Å². The van der Waals surface area contributed by atoms with Crippen LogP contribution in [0.2, 0.25) is 0 Å². The first-order valence-corrected chi connectivity index (χ1v) is 10.5. The van der Waals surface area contributed by atoms with Crippen LogP contribution in [0.4, 0.5) is 0 Å². The quantitative estimate of drug-likeness (QED) is 0.215. The van der Waals surface area contributed by atoms with Gasteiger partial charge in [-0.15, -0.1) is 0 Å². The van der Waals surface area contributed by atoms with Crippen LogP contribution in [0.15, 0.2) is 12.5 Å². The summed E-state index contributed by atoms with van der Waals surface area (Å²) in [5, 5.41) is 14.5. The summed E-state index contributed by atoms with van der Waals surface area (Å²) in [6.45, 7) is 0.451. The molecule has 3 atom stereocenters. The smallest absolute Gasteiger partial charge is 0.326 e. The molecule has 0 aliphatic rings. The highest BCUT2D eigenvalue weighted by Gasteiger charge is 2.28. The van der Waals surface area contributed by atoms with E-state index < -0.39 is 35.9 Å². The number of aromatic amines is 1. The molecule has 28 heavy (non-hydrogen) atoms. The predicted molar refractivity (Wildman–Crippen MR) is 108 cm³/mol. The summed E-state index contributed by atoms with van der Waals surface area (Å²) >= 11 is 1.57. The molecule has 0 aliphatic carbocycles. The maximum atomic E-state index is 12.7. The zero-order valence-electron chi connectivity index (χ0n) is 16.0. The SMILES string of the molecule is CSCC[C@H](N)C(=O)N[C@@H](Cc1cnc[nH]1)C(=O)N[C@@H](CCCCN)C(=O)O. The number of H-pyrrole nitrogens is 1. The van der Waals surface area contributed by atoms with Crippen molar-refractivity contribution in [1.82, 2.24) is 20.6 Å². The lowest BCUT2D eigenvalue weighted by molar-refractivity contribution is -0.142. The Kier molecular flexibility index (Phi) is 11.2. The molecule has 0 aromatic carbocycles. The average Bonchev–Trinajstić information content (AvgIpc) is 3.17. The van der Waals surface area contributed by atoms with Crippen LogP contribution in [-0.4, -0.2) is 69.5 Å². The highest BCUT2D eigenvalue weighted by Crippen LogP contribution is 2.05. The van der Waals surface area contributed by atoms with E-state index in [9.17, 15) is 19.5 Å². The molecule has 158 valence electrons. The molecule has 1 heterocycles. The fraction of sp³-hybridized carbons (Fsp3) is 0.647. The number of carbonyl (C=O) groups is 3. The summed E-state index contributed by atoms with van der Waals surface area (Å²) in [7, 11) is 0. The van der Waals surface area contributed by atoms with E-state index in [1.165, 1.54) is 12.5 Å². The van der Waals surface area contributed by atoms with Gasteiger partial charge in [0.05, 0.1) is 12.4 Å². The van der Waals surface area contributed by atoms with Gasteiger partial charge in [-0.25, -0.2) is 9.78 Å². The lowest BCUT2D eigenvalue weighted by Gasteiger charge is -2.22. The molecule has 10 nitrogen and oxygen atoms in total. The standard InChI is InChI=1S/C17H30N6O4S/c1-28-7-5-12(19)15(24)23-14(8-11-9-20-10-21-11)16(25)22-13(17(26)27)4-2-3-6-18/h9-10,12-14H,2-8,18-19H2,1H3,(H,20,21)(H,22,25)(H,23,24)(H,26,27)/t12-,13-,14-/m0/s1. The van der Waals surface area contributed by atoms with Gasteiger partial charge in [-0.1, -0.05) is 0 Å². The lowest BCUT2D eigenvalue weighted by Crippen LogP contribution is -2.55. The highest BCUT2D eigenvalue weighted by molar-refractivity contribution is 7.98. The molecule has 0 saturated carbocycles. The van der Waals surface area contributed by atoms with Gasteiger partial charge in [0, 0.05) is 18.3 Å². The molecule has 11 heteroatoms. The number of unbranched alkanes of at least 4 members (excludes halogenated alkanes) is 1. The van der Waals surface area contributed by atoms with E-state index in [1.54, 1.807) is 11.8 Å². The summed E-state index contributed by atoms with van der Waals surface area (Å²) in [6.07, 6.45) is 7.03.